The lowest BCUT2D eigenvalue weighted by Crippen LogP contribution is -2.41. The SMILES string of the molecule is C=C(C)[C@@H]1CCC(C)=C1CO[Si](C)(C)C(C)(C)C. The second kappa shape index (κ2) is 5.34. The Bertz CT molecular complexity index is 358. The van der Waals surface area contributed by atoms with Crippen LogP contribution in [0.25, 0.3) is 0 Å². The van der Waals surface area contributed by atoms with Gasteiger partial charge in [-0.15, -0.1) is 0 Å². The van der Waals surface area contributed by atoms with E-state index >= 15 is 0 Å². The van der Waals surface area contributed by atoms with Crippen molar-refractivity contribution in [2.24, 2.45) is 5.92 Å². The number of rotatable bonds is 4. The van der Waals surface area contributed by atoms with Crippen molar-refractivity contribution in [1.29, 1.82) is 0 Å². The van der Waals surface area contributed by atoms with Gasteiger partial charge in [0.2, 0.25) is 0 Å². The average molecular weight is 267 g/mol. The van der Waals surface area contributed by atoms with Crippen molar-refractivity contribution in [3.8, 4) is 0 Å². The van der Waals surface area contributed by atoms with Gasteiger partial charge < -0.3 is 4.43 Å². The largest absolute Gasteiger partial charge is 0.413 e. The van der Waals surface area contributed by atoms with Crippen molar-refractivity contribution in [2.45, 2.75) is 65.6 Å². The number of hydrogen-bond acceptors (Lipinski definition) is 1. The maximum absolute atomic E-state index is 6.37. The maximum Gasteiger partial charge on any atom is 0.192 e. The number of allylic oxidation sites excluding steroid dienone is 2. The molecule has 0 N–H and O–H groups in total. The van der Waals surface area contributed by atoms with Crippen molar-refractivity contribution in [2.75, 3.05) is 6.61 Å². The quantitative estimate of drug-likeness (QED) is 0.495. The second-order valence-electron chi connectivity index (χ2n) is 7.29. The molecule has 1 aliphatic carbocycles. The lowest BCUT2D eigenvalue weighted by Gasteiger charge is -2.37. The molecular weight excluding hydrogens is 236 g/mol. The molecule has 2 heteroatoms. The molecule has 1 rings (SSSR count). The normalized spacial score (nSPS) is 21.6. The highest BCUT2D eigenvalue weighted by Crippen LogP contribution is 2.40. The van der Waals surface area contributed by atoms with E-state index in [-0.39, 0.29) is 0 Å². The molecule has 0 spiro atoms. The van der Waals surface area contributed by atoms with Crippen molar-refractivity contribution < 1.29 is 4.43 Å². The summed E-state index contributed by atoms with van der Waals surface area (Å²) in [6.07, 6.45) is 2.45. The van der Waals surface area contributed by atoms with Gasteiger partial charge in [0.15, 0.2) is 8.32 Å². The first kappa shape index (κ1) is 15.7. The molecule has 1 atom stereocenters. The molecule has 0 radical (unpaired) electrons. The Morgan fingerprint density at radius 3 is 2.39 bits per heavy atom. The van der Waals surface area contributed by atoms with Crippen LogP contribution in [0.1, 0.15) is 47.5 Å². The van der Waals surface area contributed by atoms with Crippen LogP contribution in [0.5, 0.6) is 0 Å². The van der Waals surface area contributed by atoms with E-state index in [1.807, 2.05) is 0 Å². The third kappa shape index (κ3) is 3.36. The van der Waals surface area contributed by atoms with Gasteiger partial charge in [-0.25, -0.2) is 0 Å². The first-order chi connectivity index (χ1) is 8.06. The second-order valence-corrected chi connectivity index (χ2v) is 12.1. The van der Waals surface area contributed by atoms with Gasteiger partial charge in [0.25, 0.3) is 0 Å². The topological polar surface area (TPSA) is 9.23 Å². The molecule has 0 aromatic carbocycles. The zero-order valence-corrected chi connectivity index (χ0v) is 14.3. The molecule has 0 aliphatic heterocycles. The molecule has 0 unspecified atom stereocenters. The van der Waals surface area contributed by atoms with Gasteiger partial charge >= 0.3 is 0 Å². The van der Waals surface area contributed by atoms with Gasteiger partial charge in [-0.2, -0.15) is 0 Å². The average Bonchev–Trinajstić information content (AvgIpc) is 2.55. The van der Waals surface area contributed by atoms with E-state index in [0.717, 1.165) is 6.61 Å². The highest BCUT2D eigenvalue weighted by atomic mass is 28.4. The monoisotopic (exact) mass is 266 g/mol. The van der Waals surface area contributed by atoms with Crippen LogP contribution >= 0.6 is 0 Å². The van der Waals surface area contributed by atoms with E-state index in [0.29, 0.717) is 11.0 Å². The van der Waals surface area contributed by atoms with E-state index < -0.39 is 8.32 Å². The third-order valence-electron chi connectivity index (χ3n) is 4.77. The summed E-state index contributed by atoms with van der Waals surface area (Å²) in [5.41, 5.74) is 4.33. The van der Waals surface area contributed by atoms with E-state index in [1.165, 1.54) is 29.6 Å². The molecule has 18 heavy (non-hydrogen) atoms. The van der Waals surface area contributed by atoms with Gasteiger partial charge in [0, 0.05) is 5.92 Å². The Kier molecular flexibility index (Phi) is 4.66. The molecular formula is C16H30OSi. The van der Waals surface area contributed by atoms with E-state index in [4.69, 9.17) is 4.43 Å². The summed E-state index contributed by atoms with van der Waals surface area (Å²) in [5.74, 6) is 0.565. The summed E-state index contributed by atoms with van der Waals surface area (Å²) in [5, 5.41) is 0.290. The summed E-state index contributed by atoms with van der Waals surface area (Å²) in [6.45, 7) is 20.9. The minimum absolute atomic E-state index is 0.290. The fraction of sp³-hybridized carbons (Fsp3) is 0.750. The molecule has 0 bridgehead atoms. The predicted octanol–water partition coefficient (Wildman–Crippen LogP) is 5.31. The summed E-state index contributed by atoms with van der Waals surface area (Å²) < 4.78 is 6.37. The van der Waals surface area contributed by atoms with Crippen LogP contribution in [0, 0.1) is 5.92 Å². The molecule has 0 saturated carbocycles. The fourth-order valence-electron chi connectivity index (χ4n) is 2.24. The molecule has 0 heterocycles. The summed E-state index contributed by atoms with van der Waals surface area (Å²) in [7, 11) is -1.63. The van der Waals surface area contributed by atoms with Crippen LogP contribution in [0.2, 0.25) is 18.1 Å². The van der Waals surface area contributed by atoms with Gasteiger partial charge in [0.1, 0.15) is 0 Å². The summed E-state index contributed by atoms with van der Waals surface area (Å²) in [4.78, 5) is 0. The number of hydrogen-bond donors (Lipinski definition) is 0. The van der Waals surface area contributed by atoms with Crippen molar-refractivity contribution in [3.63, 3.8) is 0 Å². The first-order valence-corrected chi connectivity index (χ1v) is 9.95. The van der Waals surface area contributed by atoms with Crippen molar-refractivity contribution >= 4 is 8.32 Å². The Labute approximate surface area is 114 Å². The standard InChI is InChI=1S/C16H30OSi/c1-12(2)14-10-9-13(3)15(14)11-17-18(7,8)16(4,5)6/h14H,1,9-11H2,2-8H3/t14-/m0/s1. The first-order valence-electron chi connectivity index (χ1n) is 7.04. The van der Waals surface area contributed by atoms with Crippen LogP contribution in [0.15, 0.2) is 23.3 Å². The summed E-state index contributed by atoms with van der Waals surface area (Å²) in [6, 6.07) is 0. The third-order valence-corrected chi connectivity index (χ3v) is 9.24. The lowest BCUT2D eigenvalue weighted by molar-refractivity contribution is 0.309. The van der Waals surface area contributed by atoms with E-state index in [1.54, 1.807) is 0 Å². The molecule has 0 aromatic heterocycles. The highest BCUT2D eigenvalue weighted by molar-refractivity contribution is 6.74. The minimum Gasteiger partial charge on any atom is -0.413 e. The van der Waals surface area contributed by atoms with E-state index in [2.05, 4.69) is 54.3 Å². The molecule has 0 amide bonds. The molecule has 104 valence electrons. The molecule has 0 saturated heterocycles. The van der Waals surface area contributed by atoms with Gasteiger partial charge in [0.05, 0.1) is 6.61 Å². The Morgan fingerprint density at radius 2 is 1.94 bits per heavy atom. The van der Waals surface area contributed by atoms with Gasteiger partial charge in [-0.1, -0.05) is 38.5 Å². The van der Waals surface area contributed by atoms with Crippen LogP contribution in [0.3, 0.4) is 0 Å². The fourth-order valence-corrected chi connectivity index (χ4v) is 3.18. The highest BCUT2D eigenvalue weighted by Gasteiger charge is 2.38. The van der Waals surface area contributed by atoms with Crippen LogP contribution < -0.4 is 0 Å². The minimum atomic E-state index is -1.63. The Morgan fingerprint density at radius 1 is 1.39 bits per heavy atom. The summed E-state index contributed by atoms with van der Waals surface area (Å²) >= 11 is 0. The predicted molar refractivity (Wildman–Crippen MR) is 83.4 cm³/mol. The van der Waals surface area contributed by atoms with Gasteiger partial charge in [-0.05, 0) is 50.4 Å². The Hall–Kier alpha value is -0.343. The smallest absolute Gasteiger partial charge is 0.192 e. The van der Waals surface area contributed by atoms with Gasteiger partial charge in [-0.3, -0.25) is 0 Å². The molecule has 0 aromatic rings. The van der Waals surface area contributed by atoms with E-state index in [9.17, 15) is 0 Å². The van der Waals surface area contributed by atoms with Crippen LogP contribution in [-0.2, 0) is 4.43 Å². The Balaban J connectivity index is 2.74. The maximum atomic E-state index is 6.37. The van der Waals surface area contributed by atoms with Crippen molar-refractivity contribution in [3.05, 3.63) is 23.3 Å². The molecule has 0 fully saturated rings. The van der Waals surface area contributed by atoms with Crippen molar-refractivity contribution in [1.82, 2.24) is 0 Å². The zero-order chi connectivity index (χ0) is 14.1. The lowest BCUT2D eigenvalue weighted by atomic mass is 9.95. The van der Waals surface area contributed by atoms with Crippen LogP contribution in [0.4, 0.5) is 0 Å². The zero-order valence-electron chi connectivity index (χ0n) is 13.3. The van der Waals surface area contributed by atoms with Crippen LogP contribution in [-0.4, -0.2) is 14.9 Å². The molecule has 1 aliphatic rings. The molecule has 1 nitrogen and oxygen atoms in total.